The van der Waals surface area contributed by atoms with Crippen LogP contribution in [0.4, 0.5) is 14.5 Å². The first-order valence-electron chi connectivity index (χ1n) is 5.63. The number of benzene rings is 2. The van der Waals surface area contributed by atoms with Gasteiger partial charge in [-0.2, -0.15) is 0 Å². The molecule has 0 atom stereocenters. The molecule has 104 valence electrons. The first-order chi connectivity index (χ1) is 9.47. The highest BCUT2D eigenvalue weighted by molar-refractivity contribution is 9.10. The van der Waals surface area contributed by atoms with Crippen molar-refractivity contribution in [3.8, 4) is 0 Å². The fourth-order valence-electron chi connectivity index (χ4n) is 1.58. The molecule has 2 rings (SSSR count). The number of esters is 1. The van der Waals surface area contributed by atoms with Crippen molar-refractivity contribution < 1.29 is 18.3 Å². The number of nitrogen functional groups attached to an aromatic ring is 1. The zero-order chi connectivity index (χ0) is 14.7. The Kier molecular flexibility index (Phi) is 4.34. The molecule has 0 radical (unpaired) electrons. The van der Waals surface area contributed by atoms with Crippen molar-refractivity contribution in [1.29, 1.82) is 0 Å². The zero-order valence-corrected chi connectivity index (χ0v) is 11.8. The number of halogens is 3. The summed E-state index contributed by atoms with van der Waals surface area (Å²) in [5.41, 5.74) is 5.80. The van der Waals surface area contributed by atoms with Gasteiger partial charge in [0, 0.05) is 15.7 Å². The minimum absolute atomic E-state index is 0.0830. The summed E-state index contributed by atoms with van der Waals surface area (Å²) >= 11 is 3.19. The summed E-state index contributed by atoms with van der Waals surface area (Å²) in [6.45, 7) is -0.264. The third kappa shape index (κ3) is 3.33. The van der Waals surface area contributed by atoms with Gasteiger partial charge in [0.05, 0.1) is 5.56 Å². The van der Waals surface area contributed by atoms with Gasteiger partial charge < -0.3 is 10.5 Å². The Morgan fingerprint density at radius 2 is 1.95 bits per heavy atom. The Bertz CT molecular complexity index is 662. The molecular weight excluding hydrogens is 332 g/mol. The van der Waals surface area contributed by atoms with E-state index in [1.165, 1.54) is 24.3 Å². The maximum atomic E-state index is 13.5. The fraction of sp³-hybridized carbons (Fsp3) is 0.0714. The van der Waals surface area contributed by atoms with Gasteiger partial charge in [-0.1, -0.05) is 15.9 Å². The van der Waals surface area contributed by atoms with E-state index in [0.29, 0.717) is 4.47 Å². The van der Waals surface area contributed by atoms with Crippen molar-refractivity contribution >= 4 is 27.6 Å². The summed E-state index contributed by atoms with van der Waals surface area (Å²) < 4.78 is 32.1. The molecule has 0 spiro atoms. The van der Waals surface area contributed by atoms with E-state index in [0.717, 1.165) is 12.1 Å². The second-order valence-electron chi connectivity index (χ2n) is 4.04. The zero-order valence-electron chi connectivity index (χ0n) is 10.2. The lowest BCUT2D eigenvalue weighted by atomic mass is 10.2. The summed E-state index contributed by atoms with van der Waals surface area (Å²) in [5.74, 6) is -1.89. The monoisotopic (exact) mass is 341 g/mol. The Morgan fingerprint density at radius 3 is 2.70 bits per heavy atom. The number of anilines is 1. The maximum absolute atomic E-state index is 13.5. The number of ether oxygens (including phenoxy) is 1. The lowest BCUT2D eigenvalue weighted by Crippen LogP contribution is -2.09. The lowest BCUT2D eigenvalue weighted by Gasteiger charge is -2.08. The third-order valence-electron chi connectivity index (χ3n) is 2.60. The van der Waals surface area contributed by atoms with Gasteiger partial charge in [-0.05, 0) is 36.4 Å². The molecule has 3 nitrogen and oxygen atoms in total. The van der Waals surface area contributed by atoms with Gasteiger partial charge in [0.1, 0.15) is 18.2 Å². The van der Waals surface area contributed by atoms with E-state index < -0.39 is 17.6 Å². The standard InChI is InChI=1S/C14H10BrF2NO2/c15-9-1-3-12(17)8(5-9)7-20-14(19)11-6-10(16)2-4-13(11)18/h1-6H,7,18H2. The first kappa shape index (κ1) is 14.5. The van der Waals surface area contributed by atoms with Gasteiger partial charge in [-0.25, -0.2) is 13.6 Å². The molecule has 0 amide bonds. The molecule has 2 N–H and O–H groups in total. The van der Waals surface area contributed by atoms with Gasteiger partial charge in [-0.3, -0.25) is 0 Å². The second kappa shape index (κ2) is 6.00. The Hall–Kier alpha value is -1.95. The largest absolute Gasteiger partial charge is 0.457 e. The summed E-state index contributed by atoms with van der Waals surface area (Å²) in [5, 5.41) is 0. The van der Waals surface area contributed by atoms with Gasteiger partial charge in [-0.15, -0.1) is 0 Å². The SMILES string of the molecule is Nc1ccc(F)cc1C(=O)OCc1cc(Br)ccc1F. The molecular formula is C14H10BrF2NO2. The van der Waals surface area contributed by atoms with Crippen molar-refractivity contribution in [3.63, 3.8) is 0 Å². The molecule has 20 heavy (non-hydrogen) atoms. The predicted molar refractivity (Wildman–Crippen MR) is 74.0 cm³/mol. The maximum Gasteiger partial charge on any atom is 0.340 e. The van der Waals surface area contributed by atoms with Gasteiger partial charge in [0.25, 0.3) is 0 Å². The highest BCUT2D eigenvalue weighted by atomic mass is 79.9. The number of hydrogen-bond acceptors (Lipinski definition) is 3. The van der Waals surface area contributed by atoms with E-state index in [1.54, 1.807) is 0 Å². The highest BCUT2D eigenvalue weighted by Gasteiger charge is 2.13. The molecule has 0 fully saturated rings. The van der Waals surface area contributed by atoms with Crippen LogP contribution in [-0.2, 0) is 11.3 Å². The minimum atomic E-state index is -0.804. The summed E-state index contributed by atoms with van der Waals surface area (Å²) in [7, 11) is 0. The first-order valence-corrected chi connectivity index (χ1v) is 6.43. The molecule has 0 saturated heterocycles. The molecule has 0 aromatic heterocycles. The molecule has 2 aromatic rings. The average Bonchev–Trinajstić information content (AvgIpc) is 2.42. The van der Waals surface area contributed by atoms with E-state index in [2.05, 4.69) is 15.9 Å². The third-order valence-corrected chi connectivity index (χ3v) is 3.10. The molecule has 0 aliphatic carbocycles. The van der Waals surface area contributed by atoms with E-state index in [-0.39, 0.29) is 23.4 Å². The summed E-state index contributed by atoms with van der Waals surface area (Å²) in [4.78, 5) is 11.8. The van der Waals surface area contributed by atoms with Crippen molar-refractivity contribution in [2.45, 2.75) is 6.61 Å². The highest BCUT2D eigenvalue weighted by Crippen LogP contribution is 2.19. The van der Waals surface area contributed by atoms with E-state index in [9.17, 15) is 13.6 Å². The molecule has 0 aliphatic heterocycles. The van der Waals surface area contributed by atoms with Crippen LogP contribution in [0, 0.1) is 11.6 Å². The van der Waals surface area contributed by atoms with Crippen molar-refractivity contribution in [2.24, 2.45) is 0 Å². The van der Waals surface area contributed by atoms with E-state index in [1.807, 2.05) is 0 Å². The smallest absolute Gasteiger partial charge is 0.340 e. The molecule has 0 bridgehead atoms. The normalized spacial score (nSPS) is 10.3. The lowest BCUT2D eigenvalue weighted by molar-refractivity contribution is 0.0469. The van der Waals surface area contributed by atoms with Crippen LogP contribution in [-0.4, -0.2) is 5.97 Å². The number of carbonyl (C=O) groups is 1. The van der Waals surface area contributed by atoms with Crippen LogP contribution in [0.2, 0.25) is 0 Å². The van der Waals surface area contributed by atoms with Crippen molar-refractivity contribution in [1.82, 2.24) is 0 Å². The topological polar surface area (TPSA) is 52.3 Å². The average molecular weight is 342 g/mol. The van der Waals surface area contributed by atoms with Crippen molar-refractivity contribution in [3.05, 3.63) is 63.6 Å². The van der Waals surface area contributed by atoms with Crippen LogP contribution in [0.15, 0.2) is 40.9 Å². The number of rotatable bonds is 3. The quantitative estimate of drug-likeness (QED) is 0.684. The fourth-order valence-corrected chi connectivity index (χ4v) is 1.99. The molecule has 2 aromatic carbocycles. The molecule has 0 unspecified atom stereocenters. The van der Waals surface area contributed by atoms with Crippen molar-refractivity contribution in [2.75, 3.05) is 5.73 Å². The second-order valence-corrected chi connectivity index (χ2v) is 4.96. The van der Waals surface area contributed by atoms with Crippen LogP contribution in [0.25, 0.3) is 0 Å². The Labute approximate surface area is 122 Å². The number of nitrogens with two attached hydrogens (primary N) is 1. The minimum Gasteiger partial charge on any atom is -0.457 e. The van der Waals surface area contributed by atoms with Crippen LogP contribution < -0.4 is 5.73 Å². The van der Waals surface area contributed by atoms with Crippen LogP contribution >= 0.6 is 15.9 Å². The number of hydrogen-bond donors (Lipinski definition) is 1. The predicted octanol–water partition coefficient (Wildman–Crippen LogP) is 3.67. The van der Waals surface area contributed by atoms with Crippen LogP contribution in [0.3, 0.4) is 0 Å². The van der Waals surface area contributed by atoms with Crippen LogP contribution in [0.1, 0.15) is 15.9 Å². The van der Waals surface area contributed by atoms with Gasteiger partial charge in [0.2, 0.25) is 0 Å². The van der Waals surface area contributed by atoms with Gasteiger partial charge in [0.15, 0.2) is 0 Å². The molecule has 0 aliphatic rings. The summed E-state index contributed by atoms with van der Waals surface area (Å²) in [6, 6.07) is 7.67. The molecule has 0 saturated carbocycles. The van der Waals surface area contributed by atoms with Gasteiger partial charge >= 0.3 is 5.97 Å². The Morgan fingerprint density at radius 1 is 1.20 bits per heavy atom. The van der Waals surface area contributed by atoms with E-state index >= 15 is 0 Å². The van der Waals surface area contributed by atoms with Crippen LogP contribution in [0.5, 0.6) is 0 Å². The Balaban J connectivity index is 2.12. The summed E-state index contributed by atoms with van der Waals surface area (Å²) in [6.07, 6.45) is 0. The molecule has 6 heteroatoms. The van der Waals surface area contributed by atoms with E-state index in [4.69, 9.17) is 10.5 Å². The molecule has 0 heterocycles. The number of carbonyl (C=O) groups excluding carboxylic acids is 1.